The van der Waals surface area contributed by atoms with Crippen LogP contribution in [0.15, 0.2) is 51.9 Å². The highest BCUT2D eigenvalue weighted by molar-refractivity contribution is 7.10. The van der Waals surface area contributed by atoms with Crippen molar-refractivity contribution in [2.45, 2.75) is 5.92 Å². The summed E-state index contributed by atoms with van der Waals surface area (Å²) in [7, 11) is 0. The molecule has 2 unspecified atom stereocenters. The molecule has 24 heavy (non-hydrogen) atoms. The third kappa shape index (κ3) is 2.61. The van der Waals surface area contributed by atoms with Crippen LogP contribution in [0.3, 0.4) is 0 Å². The fourth-order valence-corrected chi connectivity index (χ4v) is 4.66. The average Bonchev–Trinajstić information content (AvgIpc) is 3.28. The van der Waals surface area contributed by atoms with Crippen molar-refractivity contribution in [2.75, 3.05) is 13.2 Å². The van der Waals surface area contributed by atoms with Crippen LogP contribution in [0.5, 0.6) is 0 Å². The molecule has 4 rings (SSSR count). The van der Waals surface area contributed by atoms with E-state index < -0.39 is 5.92 Å². The minimum atomic E-state index is -0.605. The number of rotatable bonds is 2. The second kappa shape index (κ2) is 6.36. The van der Waals surface area contributed by atoms with Crippen molar-refractivity contribution < 1.29 is 9.47 Å². The van der Waals surface area contributed by atoms with Gasteiger partial charge in [0.1, 0.15) is 11.7 Å². The molecule has 1 N–H and O–H groups in total. The van der Waals surface area contributed by atoms with Gasteiger partial charge >= 0.3 is 0 Å². The molecular formula is C18H14N2O2S2. The van der Waals surface area contributed by atoms with Crippen molar-refractivity contribution in [1.82, 2.24) is 0 Å². The van der Waals surface area contributed by atoms with E-state index in [1.165, 1.54) is 0 Å². The van der Waals surface area contributed by atoms with Crippen LogP contribution in [-0.4, -0.2) is 19.1 Å². The smallest absolute Gasteiger partial charge is 0.205 e. The standard InChI is InChI=1S/C18H14N2O2S2/c19-8-13-16(15-4-2-6-24-15)14-10-21-9-11(17(14)22-18(13)20)7-12-3-1-5-23-12/h1-7,13,16,20H,9-10H2/b11-7-,20-18?. The Balaban J connectivity index is 1.84. The predicted octanol–water partition coefficient (Wildman–Crippen LogP) is 4.41. The van der Waals surface area contributed by atoms with Gasteiger partial charge in [0.25, 0.3) is 0 Å². The van der Waals surface area contributed by atoms with E-state index in [1.54, 1.807) is 22.7 Å². The van der Waals surface area contributed by atoms with Crippen molar-refractivity contribution in [3.05, 3.63) is 61.7 Å². The van der Waals surface area contributed by atoms with Crippen LogP contribution in [0.4, 0.5) is 0 Å². The minimum absolute atomic E-state index is 0.0219. The normalized spacial score (nSPS) is 25.3. The molecule has 0 bridgehead atoms. The average molecular weight is 354 g/mol. The van der Waals surface area contributed by atoms with Crippen molar-refractivity contribution in [3.63, 3.8) is 0 Å². The predicted molar refractivity (Wildman–Crippen MR) is 95.1 cm³/mol. The van der Waals surface area contributed by atoms with Gasteiger partial charge in [-0.25, -0.2) is 0 Å². The van der Waals surface area contributed by atoms with E-state index in [-0.39, 0.29) is 11.8 Å². The molecule has 0 saturated carbocycles. The summed E-state index contributed by atoms with van der Waals surface area (Å²) in [4.78, 5) is 2.19. The quantitative estimate of drug-likeness (QED) is 0.869. The molecule has 2 aromatic rings. The summed E-state index contributed by atoms with van der Waals surface area (Å²) < 4.78 is 11.6. The number of nitrogens with zero attached hydrogens (tertiary/aromatic N) is 1. The van der Waals surface area contributed by atoms with E-state index in [0.717, 1.165) is 20.9 Å². The van der Waals surface area contributed by atoms with Gasteiger partial charge in [0.15, 0.2) is 0 Å². The Hall–Kier alpha value is -2.20. The van der Waals surface area contributed by atoms with Gasteiger partial charge in [-0.1, -0.05) is 12.1 Å². The largest absolute Gasteiger partial charge is 0.442 e. The first-order valence-electron chi connectivity index (χ1n) is 7.52. The number of thiophene rings is 2. The number of hydrogen-bond donors (Lipinski definition) is 1. The monoisotopic (exact) mass is 354 g/mol. The third-order valence-electron chi connectivity index (χ3n) is 4.15. The lowest BCUT2D eigenvalue weighted by Gasteiger charge is -2.35. The number of nitrogens with one attached hydrogen (secondary N) is 1. The molecule has 4 heterocycles. The molecule has 4 nitrogen and oxygen atoms in total. The van der Waals surface area contributed by atoms with Gasteiger partial charge in [-0.2, -0.15) is 5.26 Å². The van der Waals surface area contributed by atoms with Gasteiger partial charge in [0, 0.05) is 26.8 Å². The molecule has 2 aromatic heterocycles. The Labute approximate surface area is 147 Å². The number of ether oxygens (including phenoxy) is 2. The summed E-state index contributed by atoms with van der Waals surface area (Å²) in [5.74, 6) is -0.0384. The SMILES string of the molecule is N#CC1C(=N)OC2=C(COC/C2=C/c2cccs2)C1c1cccs1. The lowest BCUT2D eigenvalue weighted by Crippen LogP contribution is -2.34. The van der Waals surface area contributed by atoms with Crippen LogP contribution in [0, 0.1) is 22.7 Å². The summed E-state index contributed by atoms with van der Waals surface area (Å²) in [6.07, 6.45) is 2.05. The first-order chi connectivity index (χ1) is 11.8. The van der Waals surface area contributed by atoms with Gasteiger partial charge in [-0.15, -0.1) is 22.7 Å². The second-order valence-corrected chi connectivity index (χ2v) is 7.56. The Morgan fingerprint density at radius 1 is 1.21 bits per heavy atom. The minimum Gasteiger partial charge on any atom is -0.442 e. The van der Waals surface area contributed by atoms with E-state index in [9.17, 15) is 5.26 Å². The highest BCUT2D eigenvalue weighted by Gasteiger charge is 2.41. The zero-order valence-electron chi connectivity index (χ0n) is 12.7. The van der Waals surface area contributed by atoms with Gasteiger partial charge in [-0.05, 0) is 29.0 Å². The molecule has 0 fully saturated rings. The van der Waals surface area contributed by atoms with Gasteiger partial charge in [0.2, 0.25) is 5.90 Å². The fraction of sp³-hybridized carbons (Fsp3) is 0.222. The zero-order valence-corrected chi connectivity index (χ0v) is 14.3. The number of nitriles is 1. The second-order valence-electron chi connectivity index (χ2n) is 5.60. The van der Waals surface area contributed by atoms with E-state index in [4.69, 9.17) is 14.9 Å². The summed E-state index contributed by atoms with van der Waals surface area (Å²) in [5.41, 5.74) is 1.90. The Bertz CT molecular complexity index is 857. The molecule has 0 spiro atoms. The summed E-state index contributed by atoms with van der Waals surface area (Å²) in [5, 5.41) is 21.8. The summed E-state index contributed by atoms with van der Waals surface area (Å²) in [6, 6.07) is 10.3. The molecule has 0 saturated heterocycles. The molecule has 2 aliphatic rings. The fourth-order valence-electron chi connectivity index (χ4n) is 3.09. The lowest BCUT2D eigenvalue weighted by atomic mass is 9.81. The van der Waals surface area contributed by atoms with Crippen LogP contribution in [0.1, 0.15) is 15.7 Å². The van der Waals surface area contributed by atoms with Crippen molar-refractivity contribution in [2.24, 2.45) is 5.92 Å². The zero-order chi connectivity index (χ0) is 16.5. The van der Waals surface area contributed by atoms with Gasteiger partial charge in [0.05, 0.1) is 19.3 Å². The lowest BCUT2D eigenvalue weighted by molar-refractivity contribution is 0.146. The number of hydrogen-bond acceptors (Lipinski definition) is 6. The van der Waals surface area contributed by atoms with Crippen LogP contribution in [0.25, 0.3) is 6.08 Å². The Kier molecular flexibility index (Phi) is 4.07. The van der Waals surface area contributed by atoms with Gasteiger partial charge in [-0.3, -0.25) is 5.41 Å². The van der Waals surface area contributed by atoms with E-state index >= 15 is 0 Å². The molecule has 120 valence electrons. The summed E-state index contributed by atoms with van der Waals surface area (Å²) >= 11 is 3.25. The Morgan fingerprint density at radius 3 is 2.75 bits per heavy atom. The molecule has 2 atom stereocenters. The molecule has 0 amide bonds. The molecule has 2 aliphatic heterocycles. The van der Waals surface area contributed by atoms with E-state index in [1.807, 2.05) is 41.1 Å². The van der Waals surface area contributed by atoms with Crippen molar-refractivity contribution in [3.8, 4) is 6.07 Å². The van der Waals surface area contributed by atoms with Crippen LogP contribution >= 0.6 is 22.7 Å². The molecule has 0 aromatic carbocycles. The van der Waals surface area contributed by atoms with Gasteiger partial charge < -0.3 is 9.47 Å². The first kappa shape index (κ1) is 15.3. The Morgan fingerprint density at radius 2 is 2.04 bits per heavy atom. The van der Waals surface area contributed by atoms with E-state index in [0.29, 0.717) is 19.0 Å². The highest BCUT2D eigenvalue weighted by Crippen LogP contribution is 2.44. The maximum atomic E-state index is 9.55. The molecule has 0 radical (unpaired) electrons. The van der Waals surface area contributed by atoms with Crippen molar-refractivity contribution >= 4 is 34.6 Å². The van der Waals surface area contributed by atoms with Crippen molar-refractivity contribution in [1.29, 1.82) is 10.7 Å². The van der Waals surface area contributed by atoms with Crippen LogP contribution in [-0.2, 0) is 9.47 Å². The first-order valence-corrected chi connectivity index (χ1v) is 9.28. The van der Waals surface area contributed by atoms with Crippen LogP contribution in [0.2, 0.25) is 0 Å². The third-order valence-corrected chi connectivity index (χ3v) is 5.92. The van der Waals surface area contributed by atoms with E-state index in [2.05, 4.69) is 6.07 Å². The molecule has 0 aliphatic carbocycles. The maximum Gasteiger partial charge on any atom is 0.205 e. The molecular weight excluding hydrogens is 340 g/mol. The topological polar surface area (TPSA) is 66.1 Å². The maximum absolute atomic E-state index is 9.55. The van der Waals surface area contributed by atoms with Crippen LogP contribution < -0.4 is 0 Å². The highest BCUT2D eigenvalue weighted by atomic mass is 32.1. The molecule has 6 heteroatoms. The summed E-state index contributed by atoms with van der Waals surface area (Å²) in [6.45, 7) is 0.892.